The Hall–Kier alpha value is -1.82. The third-order valence-corrected chi connectivity index (χ3v) is 6.23. The van der Waals surface area contributed by atoms with Gasteiger partial charge < -0.3 is 10.2 Å². The number of carbonyl (C=O) groups is 2. The van der Waals surface area contributed by atoms with E-state index in [-0.39, 0.29) is 35.5 Å². The maximum atomic E-state index is 14.3. The van der Waals surface area contributed by atoms with E-state index in [2.05, 4.69) is 5.32 Å². The van der Waals surface area contributed by atoms with Crippen molar-refractivity contribution in [3.05, 3.63) is 68.4 Å². The van der Waals surface area contributed by atoms with Crippen LogP contribution in [0.2, 0.25) is 15.1 Å². The van der Waals surface area contributed by atoms with Crippen LogP contribution in [0.25, 0.3) is 0 Å². The maximum Gasteiger partial charge on any atom is 0.243 e. The molecule has 0 fully saturated rings. The smallest absolute Gasteiger partial charge is 0.243 e. The van der Waals surface area contributed by atoms with Gasteiger partial charge in [0.1, 0.15) is 11.9 Å². The van der Waals surface area contributed by atoms with Gasteiger partial charge in [-0.25, -0.2) is 4.39 Å². The molecule has 0 bridgehead atoms. The van der Waals surface area contributed by atoms with Crippen molar-refractivity contribution < 1.29 is 14.0 Å². The SMILES string of the molecule is CC[C@@H](C)NC(=O)[C@@H](CC)N(Cc1c(Cl)cccc1Cl)C(=O)Cc1c(F)cccc1Cl. The highest BCUT2D eigenvalue weighted by atomic mass is 35.5. The van der Waals surface area contributed by atoms with Crippen molar-refractivity contribution in [3.8, 4) is 0 Å². The van der Waals surface area contributed by atoms with Gasteiger partial charge in [0.15, 0.2) is 0 Å². The average Bonchev–Trinajstić information content (AvgIpc) is 2.72. The summed E-state index contributed by atoms with van der Waals surface area (Å²) in [5, 5.41) is 3.83. The van der Waals surface area contributed by atoms with Crippen LogP contribution in [-0.2, 0) is 22.6 Å². The van der Waals surface area contributed by atoms with Crippen molar-refractivity contribution in [1.82, 2.24) is 10.2 Å². The number of nitrogens with one attached hydrogen (secondary N) is 1. The van der Waals surface area contributed by atoms with Crippen molar-refractivity contribution in [2.45, 2.75) is 58.7 Å². The fraction of sp³-hybridized carbons (Fsp3) is 0.391. The molecule has 4 nitrogen and oxygen atoms in total. The molecule has 0 unspecified atom stereocenters. The first kappa shape index (κ1) is 25.4. The average molecular weight is 488 g/mol. The van der Waals surface area contributed by atoms with Crippen LogP contribution in [0.4, 0.5) is 4.39 Å². The molecule has 0 aliphatic heterocycles. The third kappa shape index (κ3) is 6.58. The summed E-state index contributed by atoms with van der Waals surface area (Å²) in [7, 11) is 0. The van der Waals surface area contributed by atoms with E-state index in [0.29, 0.717) is 22.0 Å². The lowest BCUT2D eigenvalue weighted by Gasteiger charge is -2.32. The van der Waals surface area contributed by atoms with Crippen LogP contribution < -0.4 is 5.32 Å². The number of hydrogen-bond acceptors (Lipinski definition) is 2. The molecule has 0 aliphatic rings. The van der Waals surface area contributed by atoms with Crippen LogP contribution in [0.3, 0.4) is 0 Å². The van der Waals surface area contributed by atoms with Crippen LogP contribution in [0.5, 0.6) is 0 Å². The maximum absolute atomic E-state index is 14.3. The summed E-state index contributed by atoms with van der Waals surface area (Å²) in [5.74, 6) is -1.31. The van der Waals surface area contributed by atoms with Gasteiger partial charge in [-0.2, -0.15) is 0 Å². The van der Waals surface area contributed by atoms with E-state index in [4.69, 9.17) is 34.8 Å². The molecule has 0 saturated carbocycles. The first-order valence-electron chi connectivity index (χ1n) is 10.1. The molecule has 2 atom stereocenters. The predicted octanol–water partition coefficient (Wildman–Crippen LogP) is 6.05. The second kappa shape index (κ2) is 11.7. The van der Waals surface area contributed by atoms with E-state index < -0.39 is 17.8 Å². The van der Waals surface area contributed by atoms with Crippen LogP contribution in [0.1, 0.15) is 44.7 Å². The first-order valence-corrected chi connectivity index (χ1v) is 11.3. The molecular weight excluding hydrogens is 462 g/mol. The van der Waals surface area contributed by atoms with Crippen molar-refractivity contribution >= 4 is 46.6 Å². The van der Waals surface area contributed by atoms with E-state index in [9.17, 15) is 14.0 Å². The second-order valence-corrected chi connectivity index (χ2v) is 8.56. The zero-order chi connectivity index (χ0) is 23.1. The zero-order valence-electron chi connectivity index (χ0n) is 17.7. The lowest BCUT2D eigenvalue weighted by atomic mass is 10.1. The van der Waals surface area contributed by atoms with Gasteiger partial charge in [0.2, 0.25) is 11.8 Å². The third-order valence-electron chi connectivity index (χ3n) is 5.17. The van der Waals surface area contributed by atoms with Gasteiger partial charge in [0.25, 0.3) is 0 Å². The lowest BCUT2D eigenvalue weighted by Crippen LogP contribution is -2.51. The monoisotopic (exact) mass is 486 g/mol. The van der Waals surface area contributed by atoms with Gasteiger partial charge in [-0.05, 0) is 44.0 Å². The molecule has 2 aromatic carbocycles. The molecule has 0 heterocycles. The van der Waals surface area contributed by atoms with E-state index in [0.717, 1.165) is 6.42 Å². The molecule has 0 saturated heterocycles. The number of halogens is 4. The molecule has 0 aliphatic carbocycles. The molecule has 2 amide bonds. The molecule has 1 N–H and O–H groups in total. The molecule has 0 radical (unpaired) electrons. The Kier molecular flexibility index (Phi) is 9.60. The van der Waals surface area contributed by atoms with Crippen molar-refractivity contribution in [2.75, 3.05) is 0 Å². The minimum absolute atomic E-state index is 0.00977. The Morgan fingerprint density at radius 2 is 1.52 bits per heavy atom. The summed E-state index contributed by atoms with van der Waals surface area (Å²) in [4.78, 5) is 27.7. The number of carbonyl (C=O) groups excluding carboxylic acids is 2. The predicted molar refractivity (Wildman–Crippen MR) is 124 cm³/mol. The fourth-order valence-corrected chi connectivity index (χ4v) is 3.92. The topological polar surface area (TPSA) is 49.4 Å². The summed E-state index contributed by atoms with van der Waals surface area (Å²) in [6.07, 6.45) is 0.819. The van der Waals surface area contributed by atoms with Gasteiger partial charge in [0.05, 0.1) is 6.42 Å². The summed E-state index contributed by atoms with van der Waals surface area (Å²) >= 11 is 18.8. The highest BCUT2D eigenvalue weighted by Crippen LogP contribution is 2.28. The summed E-state index contributed by atoms with van der Waals surface area (Å²) in [6.45, 7) is 5.67. The Bertz CT molecular complexity index is 899. The van der Waals surface area contributed by atoms with Gasteiger partial charge in [0, 0.05) is 38.8 Å². The number of nitrogens with zero attached hydrogens (tertiary/aromatic N) is 1. The molecular formula is C23H26Cl3FN2O2. The van der Waals surface area contributed by atoms with Crippen LogP contribution >= 0.6 is 34.8 Å². The van der Waals surface area contributed by atoms with Crippen molar-refractivity contribution in [3.63, 3.8) is 0 Å². The molecule has 31 heavy (non-hydrogen) atoms. The summed E-state index contributed by atoms with van der Waals surface area (Å²) < 4.78 is 14.3. The number of rotatable bonds is 9. The molecule has 0 aromatic heterocycles. The van der Waals surface area contributed by atoms with Crippen LogP contribution in [0.15, 0.2) is 36.4 Å². The normalized spacial score (nSPS) is 12.9. The Morgan fingerprint density at radius 3 is 2.03 bits per heavy atom. The Morgan fingerprint density at radius 1 is 0.968 bits per heavy atom. The molecule has 168 valence electrons. The van der Waals surface area contributed by atoms with E-state index in [1.807, 2.05) is 20.8 Å². The van der Waals surface area contributed by atoms with E-state index in [1.165, 1.54) is 23.1 Å². The van der Waals surface area contributed by atoms with Crippen molar-refractivity contribution in [2.24, 2.45) is 0 Å². The standard InChI is InChI=1S/C23H26Cl3FN2O2/c1-4-14(3)28-23(31)21(5-2)29(13-16-18(25)8-6-9-19(16)26)22(30)12-15-17(24)10-7-11-20(15)27/h6-11,14,21H,4-5,12-13H2,1-3H3,(H,28,31)/t14-,21-/m1/s1. The fourth-order valence-electron chi connectivity index (χ4n) is 3.17. The second-order valence-electron chi connectivity index (χ2n) is 7.34. The summed E-state index contributed by atoms with van der Waals surface area (Å²) in [5.41, 5.74) is 0.607. The quantitative estimate of drug-likeness (QED) is 0.468. The Labute approximate surface area is 197 Å². The lowest BCUT2D eigenvalue weighted by molar-refractivity contribution is -0.141. The molecule has 2 rings (SSSR count). The minimum Gasteiger partial charge on any atom is -0.352 e. The number of hydrogen-bond donors (Lipinski definition) is 1. The first-order chi connectivity index (χ1) is 14.7. The summed E-state index contributed by atoms with van der Waals surface area (Å²) in [6, 6.07) is 8.45. The molecule has 2 aromatic rings. The van der Waals surface area contributed by atoms with Gasteiger partial charge in [-0.3, -0.25) is 9.59 Å². The van der Waals surface area contributed by atoms with Gasteiger partial charge in [-0.15, -0.1) is 0 Å². The highest BCUT2D eigenvalue weighted by molar-refractivity contribution is 6.36. The highest BCUT2D eigenvalue weighted by Gasteiger charge is 2.31. The number of amides is 2. The Balaban J connectivity index is 2.43. The number of benzene rings is 2. The molecule has 8 heteroatoms. The molecule has 0 spiro atoms. The van der Waals surface area contributed by atoms with E-state index in [1.54, 1.807) is 18.2 Å². The zero-order valence-corrected chi connectivity index (χ0v) is 20.0. The van der Waals surface area contributed by atoms with Crippen molar-refractivity contribution in [1.29, 1.82) is 0 Å². The van der Waals surface area contributed by atoms with E-state index >= 15 is 0 Å². The van der Waals surface area contributed by atoms with Crippen LogP contribution in [-0.4, -0.2) is 28.8 Å². The van der Waals surface area contributed by atoms with Gasteiger partial charge >= 0.3 is 0 Å². The van der Waals surface area contributed by atoms with Crippen LogP contribution in [0, 0.1) is 5.82 Å². The largest absolute Gasteiger partial charge is 0.352 e. The van der Waals surface area contributed by atoms with Gasteiger partial charge in [-0.1, -0.05) is 60.8 Å². The minimum atomic E-state index is -0.778.